The first-order valence-electron chi connectivity index (χ1n) is 7.34. The first-order valence-corrected chi connectivity index (χ1v) is 7.34. The van der Waals surface area contributed by atoms with Crippen LogP contribution in [0.15, 0.2) is 53.8 Å². The maximum Gasteiger partial charge on any atom is 0.131 e. The standard InChI is InChI=1S/C18H19N3/c19-14-17(15-20)13-18(21-11-5-2-6-12-21)10-9-16-7-3-1-4-8-16/h1,3-4,7-8,10,13H,2,5-6,9,11-12H2/b18-10-. The minimum Gasteiger partial charge on any atom is -0.372 e. The highest BCUT2D eigenvalue weighted by Crippen LogP contribution is 2.18. The highest BCUT2D eigenvalue weighted by Gasteiger charge is 2.12. The van der Waals surface area contributed by atoms with Crippen molar-refractivity contribution in [1.82, 2.24) is 4.90 Å². The summed E-state index contributed by atoms with van der Waals surface area (Å²) in [6.45, 7) is 2.00. The van der Waals surface area contributed by atoms with E-state index in [9.17, 15) is 0 Å². The molecule has 0 saturated carbocycles. The molecule has 21 heavy (non-hydrogen) atoms. The number of piperidine rings is 1. The molecule has 1 aromatic rings. The third kappa shape index (κ3) is 4.51. The van der Waals surface area contributed by atoms with Crippen molar-refractivity contribution >= 4 is 0 Å². The fourth-order valence-corrected chi connectivity index (χ4v) is 2.51. The van der Waals surface area contributed by atoms with Crippen molar-refractivity contribution < 1.29 is 0 Å². The molecule has 0 spiro atoms. The van der Waals surface area contributed by atoms with Gasteiger partial charge in [-0.2, -0.15) is 10.5 Å². The maximum absolute atomic E-state index is 8.97. The van der Waals surface area contributed by atoms with Gasteiger partial charge in [-0.05, 0) is 37.3 Å². The molecule has 1 aliphatic heterocycles. The lowest BCUT2D eigenvalue weighted by Gasteiger charge is -2.29. The molecule has 1 saturated heterocycles. The normalized spacial score (nSPS) is 15.0. The van der Waals surface area contributed by atoms with Crippen molar-refractivity contribution in [2.24, 2.45) is 0 Å². The summed E-state index contributed by atoms with van der Waals surface area (Å²) in [4.78, 5) is 2.28. The van der Waals surface area contributed by atoms with Crippen molar-refractivity contribution in [3.63, 3.8) is 0 Å². The number of rotatable bonds is 4. The Morgan fingerprint density at radius 2 is 1.71 bits per heavy atom. The molecule has 0 radical (unpaired) electrons. The molecule has 0 bridgehead atoms. The van der Waals surface area contributed by atoms with Gasteiger partial charge in [0, 0.05) is 18.8 Å². The molecule has 3 heteroatoms. The van der Waals surface area contributed by atoms with Gasteiger partial charge in [-0.25, -0.2) is 0 Å². The molecule has 1 aliphatic rings. The monoisotopic (exact) mass is 277 g/mol. The lowest BCUT2D eigenvalue weighted by Crippen LogP contribution is -2.28. The Hall–Kier alpha value is -2.52. The Morgan fingerprint density at radius 3 is 2.33 bits per heavy atom. The van der Waals surface area contributed by atoms with E-state index in [1.807, 2.05) is 30.3 Å². The van der Waals surface area contributed by atoms with Crippen LogP contribution in [0.3, 0.4) is 0 Å². The number of nitriles is 2. The first-order chi connectivity index (χ1) is 10.3. The average Bonchev–Trinajstić information content (AvgIpc) is 2.57. The number of benzene rings is 1. The van der Waals surface area contributed by atoms with E-state index in [1.165, 1.54) is 24.8 Å². The highest BCUT2D eigenvalue weighted by atomic mass is 15.1. The van der Waals surface area contributed by atoms with Crippen molar-refractivity contribution in [2.75, 3.05) is 13.1 Å². The van der Waals surface area contributed by atoms with E-state index in [0.717, 1.165) is 25.2 Å². The highest BCUT2D eigenvalue weighted by molar-refractivity contribution is 5.41. The minimum atomic E-state index is 0.167. The Kier molecular flexibility index (Phi) is 5.61. The fourth-order valence-electron chi connectivity index (χ4n) is 2.51. The van der Waals surface area contributed by atoms with Crippen LogP contribution in [0.1, 0.15) is 24.8 Å². The molecule has 0 atom stereocenters. The summed E-state index contributed by atoms with van der Waals surface area (Å²) < 4.78 is 0. The molecule has 0 aliphatic carbocycles. The largest absolute Gasteiger partial charge is 0.372 e. The van der Waals surface area contributed by atoms with Crippen molar-refractivity contribution in [1.29, 1.82) is 10.5 Å². The summed E-state index contributed by atoms with van der Waals surface area (Å²) in [6, 6.07) is 14.1. The van der Waals surface area contributed by atoms with Crippen molar-refractivity contribution in [3.05, 3.63) is 59.3 Å². The topological polar surface area (TPSA) is 50.8 Å². The Labute approximate surface area is 126 Å². The number of nitrogens with zero attached hydrogens (tertiary/aromatic N) is 3. The summed E-state index contributed by atoms with van der Waals surface area (Å²) in [5, 5.41) is 17.9. The Bertz CT molecular complexity index is 578. The number of hydrogen-bond donors (Lipinski definition) is 0. The zero-order valence-electron chi connectivity index (χ0n) is 12.1. The lowest BCUT2D eigenvalue weighted by atomic mass is 10.1. The zero-order chi connectivity index (χ0) is 14.9. The van der Waals surface area contributed by atoms with Crippen LogP contribution < -0.4 is 0 Å². The molecule has 0 aromatic heterocycles. The van der Waals surface area contributed by atoms with E-state index in [2.05, 4.69) is 23.1 Å². The van der Waals surface area contributed by atoms with Gasteiger partial charge in [-0.1, -0.05) is 36.4 Å². The third-order valence-corrected chi connectivity index (χ3v) is 3.64. The molecule has 0 amide bonds. The number of likely N-dealkylation sites (tertiary alicyclic amines) is 1. The van der Waals surface area contributed by atoms with Crippen LogP contribution in [-0.4, -0.2) is 18.0 Å². The molecule has 1 aromatic carbocycles. The molecule has 106 valence electrons. The second kappa shape index (κ2) is 7.92. The van der Waals surface area contributed by atoms with Gasteiger partial charge in [0.25, 0.3) is 0 Å². The lowest BCUT2D eigenvalue weighted by molar-refractivity contribution is 0.292. The minimum absolute atomic E-state index is 0.167. The van der Waals surface area contributed by atoms with E-state index >= 15 is 0 Å². The average molecular weight is 277 g/mol. The van der Waals surface area contributed by atoms with Crippen LogP contribution in [0.2, 0.25) is 0 Å². The Morgan fingerprint density at radius 1 is 1.05 bits per heavy atom. The van der Waals surface area contributed by atoms with Crippen LogP contribution in [0.4, 0.5) is 0 Å². The van der Waals surface area contributed by atoms with Crippen molar-refractivity contribution in [3.8, 4) is 12.1 Å². The second-order valence-electron chi connectivity index (χ2n) is 5.15. The molecule has 0 N–H and O–H groups in total. The Balaban J connectivity index is 2.20. The second-order valence-corrected chi connectivity index (χ2v) is 5.15. The van der Waals surface area contributed by atoms with Crippen LogP contribution in [0.25, 0.3) is 0 Å². The quantitative estimate of drug-likeness (QED) is 0.624. The van der Waals surface area contributed by atoms with Gasteiger partial charge in [-0.15, -0.1) is 0 Å². The van der Waals surface area contributed by atoms with Crippen LogP contribution in [-0.2, 0) is 6.42 Å². The summed E-state index contributed by atoms with van der Waals surface area (Å²) in [5.41, 5.74) is 2.40. The third-order valence-electron chi connectivity index (χ3n) is 3.64. The first kappa shape index (κ1) is 14.9. The van der Waals surface area contributed by atoms with Gasteiger partial charge < -0.3 is 4.90 Å². The maximum atomic E-state index is 8.97. The fraction of sp³-hybridized carbons (Fsp3) is 0.333. The van der Waals surface area contributed by atoms with Crippen molar-refractivity contribution in [2.45, 2.75) is 25.7 Å². The van der Waals surface area contributed by atoms with E-state index in [0.29, 0.717) is 0 Å². The van der Waals surface area contributed by atoms with Gasteiger partial charge in [-0.3, -0.25) is 0 Å². The number of allylic oxidation sites excluding steroid dienone is 3. The molecular weight excluding hydrogens is 258 g/mol. The van der Waals surface area contributed by atoms with E-state index in [1.54, 1.807) is 6.08 Å². The molecule has 1 heterocycles. The zero-order valence-corrected chi connectivity index (χ0v) is 12.1. The van der Waals surface area contributed by atoms with E-state index in [-0.39, 0.29) is 5.57 Å². The predicted octanol–water partition coefficient (Wildman–Crippen LogP) is 3.57. The smallest absolute Gasteiger partial charge is 0.131 e. The molecule has 0 unspecified atom stereocenters. The van der Waals surface area contributed by atoms with Crippen LogP contribution >= 0.6 is 0 Å². The van der Waals surface area contributed by atoms with E-state index in [4.69, 9.17) is 10.5 Å². The number of hydrogen-bond acceptors (Lipinski definition) is 3. The van der Waals surface area contributed by atoms with Gasteiger partial charge in [0.05, 0.1) is 0 Å². The SMILES string of the molecule is N#CC(C#N)=C/C(=C/Cc1ccccc1)N1CCCCC1. The predicted molar refractivity (Wildman–Crippen MR) is 83.0 cm³/mol. The van der Waals surface area contributed by atoms with Gasteiger partial charge in [0.15, 0.2) is 0 Å². The molecular formula is C18H19N3. The summed E-state index contributed by atoms with van der Waals surface area (Å²) in [7, 11) is 0. The molecule has 1 fully saturated rings. The van der Waals surface area contributed by atoms with Crippen LogP contribution in [0.5, 0.6) is 0 Å². The summed E-state index contributed by atoms with van der Waals surface area (Å²) in [6.07, 6.45) is 8.25. The van der Waals surface area contributed by atoms with Gasteiger partial charge >= 0.3 is 0 Å². The molecule has 3 nitrogen and oxygen atoms in total. The molecule has 2 rings (SSSR count). The van der Waals surface area contributed by atoms with Gasteiger partial charge in [0.2, 0.25) is 0 Å². The summed E-state index contributed by atoms with van der Waals surface area (Å²) >= 11 is 0. The summed E-state index contributed by atoms with van der Waals surface area (Å²) in [5.74, 6) is 0. The van der Waals surface area contributed by atoms with Crippen LogP contribution in [0, 0.1) is 22.7 Å². The van der Waals surface area contributed by atoms with Gasteiger partial charge in [0.1, 0.15) is 17.7 Å². The van der Waals surface area contributed by atoms with E-state index < -0.39 is 0 Å².